The fraction of sp³-hybridized carbons (Fsp3) is 0.0526. The van der Waals surface area contributed by atoms with Crippen LogP contribution in [0.3, 0.4) is 0 Å². The Hall–Kier alpha value is -2.25. The molecule has 0 amide bonds. The smallest absolute Gasteiger partial charge is 0.119 e. The molecule has 0 fully saturated rings. The van der Waals surface area contributed by atoms with E-state index in [1.165, 1.54) is 0 Å². The van der Waals surface area contributed by atoms with Crippen molar-refractivity contribution in [3.8, 4) is 5.75 Å². The molecule has 2 heteroatoms. The van der Waals surface area contributed by atoms with E-state index in [0.717, 1.165) is 33.7 Å². The first-order valence-corrected chi connectivity index (χ1v) is 7.23. The van der Waals surface area contributed by atoms with E-state index in [-0.39, 0.29) is 0 Å². The van der Waals surface area contributed by atoms with Crippen LogP contribution in [0.1, 0.15) is 16.7 Å². The molecular formula is C19H15ClO. The molecule has 0 bridgehead atoms. The third kappa shape index (κ3) is 3.09. The lowest BCUT2D eigenvalue weighted by Gasteiger charge is -2.04. The van der Waals surface area contributed by atoms with E-state index in [0.29, 0.717) is 5.75 Å². The summed E-state index contributed by atoms with van der Waals surface area (Å²) in [4.78, 5) is 0. The van der Waals surface area contributed by atoms with Crippen molar-refractivity contribution >= 4 is 23.8 Å². The summed E-state index contributed by atoms with van der Waals surface area (Å²) >= 11 is 6.15. The monoisotopic (exact) mass is 294 g/mol. The molecule has 21 heavy (non-hydrogen) atoms. The van der Waals surface area contributed by atoms with Gasteiger partial charge in [0.2, 0.25) is 0 Å². The van der Waals surface area contributed by atoms with Gasteiger partial charge in [-0.15, -0.1) is 0 Å². The second-order valence-corrected chi connectivity index (χ2v) is 5.35. The molecular weight excluding hydrogens is 280 g/mol. The molecule has 0 atom stereocenters. The Morgan fingerprint density at radius 3 is 2.67 bits per heavy atom. The Morgan fingerprint density at radius 1 is 0.952 bits per heavy atom. The van der Waals surface area contributed by atoms with Crippen LogP contribution >= 0.6 is 11.6 Å². The van der Waals surface area contributed by atoms with E-state index in [9.17, 15) is 5.11 Å². The lowest BCUT2D eigenvalue weighted by atomic mass is 10.0. The largest absolute Gasteiger partial charge is 0.508 e. The Labute approximate surface area is 129 Å². The number of allylic oxidation sites excluding steroid dienone is 4. The number of hydrogen-bond acceptors (Lipinski definition) is 1. The number of benzene rings is 2. The van der Waals surface area contributed by atoms with Crippen LogP contribution in [0.5, 0.6) is 5.75 Å². The number of hydrogen-bond donors (Lipinski definition) is 1. The molecule has 0 aliphatic heterocycles. The summed E-state index contributed by atoms with van der Waals surface area (Å²) in [6.07, 6.45) is 11.0. The van der Waals surface area contributed by atoms with Gasteiger partial charge in [-0.05, 0) is 35.3 Å². The predicted molar refractivity (Wildman–Crippen MR) is 89.4 cm³/mol. The molecule has 104 valence electrons. The standard InChI is InChI=1S/C19H15ClO/c20-18-6-2-1-4-16(18)12-9-14-8-11-15-5-3-7-19(21)17(15)13-10-14/h1-12,21H,13H2/b12-9+. The summed E-state index contributed by atoms with van der Waals surface area (Å²) in [5.41, 5.74) is 4.13. The number of halogens is 1. The number of phenolic OH excluding ortho intramolecular Hbond substituents is 1. The highest BCUT2D eigenvalue weighted by atomic mass is 35.5. The van der Waals surface area contributed by atoms with Gasteiger partial charge < -0.3 is 5.11 Å². The molecule has 0 saturated heterocycles. The second kappa shape index (κ2) is 6.02. The summed E-state index contributed by atoms with van der Waals surface area (Å²) < 4.78 is 0. The number of rotatable bonds is 2. The summed E-state index contributed by atoms with van der Waals surface area (Å²) in [5.74, 6) is 0.352. The molecule has 2 aromatic rings. The van der Waals surface area contributed by atoms with E-state index in [4.69, 9.17) is 11.6 Å². The van der Waals surface area contributed by atoms with Crippen molar-refractivity contribution in [2.24, 2.45) is 0 Å². The lowest BCUT2D eigenvalue weighted by Crippen LogP contribution is -1.86. The van der Waals surface area contributed by atoms with Crippen molar-refractivity contribution in [1.29, 1.82) is 0 Å². The molecule has 0 saturated carbocycles. The van der Waals surface area contributed by atoms with Gasteiger partial charge in [0.1, 0.15) is 5.75 Å². The van der Waals surface area contributed by atoms with E-state index in [2.05, 4.69) is 12.2 Å². The van der Waals surface area contributed by atoms with Crippen LogP contribution in [-0.4, -0.2) is 5.11 Å². The number of fused-ring (bicyclic) bond motifs is 1. The van der Waals surface area contributed by atoms with Crippen molar-refractivity contribution in [1.82, 2.24) is 0 Å². The van der Waals surface area contributed by atoms with Gasteiger partial charge in [0, 0.05) is 10.6 Å². The van der Waals surface area contributed by atoms with E-state index >= 15 is 0 Å². The molecule has 2 aromatic carbocycles. The molecule has 0 heterocycles. The van der Waals surface area contributed by atoms with Crippen molar-refractivity contribution < 1.29 is 5.11 Å². The summed E-state index contributed by atoms with van der Waals surface area (Å²) in [6, 6.07) is 13.4. The zero-order valence-electron chi connectivity index (χ0n) is 11.5. The SMILES string of the molecule is Oc1cccc2c1CC=C(/C=C/c1ccccc1Cl)C=C2. The highest BCUT2D eigenvalue weighted by Gasteiger charge is 2.07. The first-order valence-electron chi connectivity index (χ1n) is 6.86. The molecule has 0 aromatic heterocycles. The van der Waals surface area contributed by atoms with Gasteiger partial charge in [-0.25, -0.2) is 0 Å². The summed E-state index contributed by atoms with van der Waals surface area (Å²) in [6.45, 7) is 0. The van der Waals surface area contributed by atoms with Gasteiger partial charge in [-0.3, -0.25) is 0 Å². The molecule has 0 radical (unpaired) electrons. The average Bonchev–Trinajstić information content (AvgIpc) is 2.70. The van der Waals surface area contributed by atoms with Crippen molar-refractivity contribution in [2.45, 2.75) is 6.42 Å². The first-order chi connectivity index (χ1) is 10.2. The fourth-order valence-electron chi connectivity index (χ4n) is 2.36. The van der Waals surface area contributed by atoms with Gasteiger partial charge in [0.15, 0.2) is 0 Å². The minimum atomic E-state index is 0.352. The second-order valence-electron chi connectivity index (χ2n) is 4.94. The Balaban J connectivity index is 1.86. The highest BCUT2D eigenvalue weighted by molar-refractivity contribution is 6.32. The van der Waals surface area contributed by atoms with Crippen LogP contribution in [0.2, 0.25) is 5.02 Å². The maximum absolute atomic E-state index is 9.91. The molecule has 1 aliphatic carbocycles. The third-order valence-electron chi connectivity index (χ3n) is 3.55. The zero-order chi connectivity index (χ0) is 14.7. The van der Waals surface area contributed by atoms with Crippen LogP contribution in [0.25, 0.3) is 12.2 Å². The normalized spacial score (nSPS) is 13.9. The number of phenols is 1. The van der Waals surface area contributed by atoms with Crippen molar-refractivity contribution in [2.75, 3.05) is 0 Å². The quantitative estimate of drug-likeness (QED) is 0.801. The van der Waals surface area contributed by atoms with Gasteiger partial charge in [-0.1, -0.05) is 72.3 Å². The van der Waals surface area contributed by atoms with E-state index in [1.54, 1.807) is 6.07 Å². The fourth-order valence-corrected chi connectivity index (χ4v) is 2.56. The topological polar surface area (TPSA) is 20.2 Å². The minimum Gasteiger partial charge on any atom is -0.508 e. The third-order valence-corrected chi connectivity index (χ3v) is 3.89. The molecule has 3 rings (SSSR count). The van der Waals surface area contributed by atoms with Crippen LogP contribution in [-0.2, 0) is 6.42 Å². The Bertz CT molecular complexity index is 754. The van der Waals surface area contributed by atoms with Crippen LogP contribution in [0.15, 0.2) is 66.3 Å². The highest BCUT2D eigenvalue weighted by Crippen LogP contribution is 2.27. The number of aromatic hydroxyl groups is 1. The Kier molecular flexibility index (Phi) is 3.94. The van der Waals surface area contributed by atoms with E-state index < -0.39 is 0 Å². The first kappa shape index (κ1) is 13.7. The van der Waals surface area contributed by atoms with Gasteiger partial charge >= 0.3 is 0 Å². The molecule has 0 unspecified atom stereocenters. The molecule has 1 N–H and O–H groups in total. The van der Waals surface area contributed by atoms with Crippen LogP contribution in [0.4, 0.5) is 0 Å². The van der Waals surface area contributed by atoms with Gasteiger partial charge in [-0.2, -0.15) is 0 Å². The average molecular weight is 295 g/mol. The maximum atomic E-state index is 9.91. The van der Waals surface area contributed by atoms with Gasteiger partial charge in [0.05, 0.1) is 0 Å². The summed E-state index contributed by atoms with van der Waals surface area (Å²) in [5, 5.41) is 10.7. The van der Waals surface area contributed by atoms with E-state index in [1.807, 2.05) is 54.6 Å². The zero-order valence-corrected chi connectivity index (χ0v) is 12.2. The Morgan fingerprint density at radius 2 is 1.81 bits per heavy atom. The van der Waals surface area contributed by atoms with Crippen LogP contribution < -0.4 is 0 Å². The summed E-state index contributed by atoms with van der Waals surface area (Å²) in [7, 11) is 0. The molecule has 1 aliphatic rings. The maximum Gasteiger partial charge on any atom is 0.119 e. The molecule has 0 spiro atoms. The van der Waals surface area contributed by atoms with Gasteiger partial charge in [0.25, 0.3) is 0 Å². The van der Waals surface area contributed by atoms with Crippen LogP contribution in [0, 0.1) is 0 Å². The predicted octanol–water partition coefficient (Wildman–Crippen LogP) is 5.25. The lowest BCUT2D eigenvalue weighted by molar-refractivity contribution is 0.469. The minimum absolute atomic E-state index is 0.352. The van der Waals surface area contributed by atoms with Crippen molar-refractivity contribution in [3.63, 3.8) is 0 Å². The molecule has 1 nitrogen and oxygen atoms in total. The van der Waals surface area contributed by atoms with Crippen molar-refractivity contribution in [3.05, 3.63) is 88.0 Å².